The van der Waals surface area contributed by atoms with Gasteiger partial charge in [0.25, 0.3) is 0 Å². The van der Waals surface area contributed by atoms with Crippen LogP contribution >= 0.6 is 0 Å². The first kappa shape index (κ1) is 16.9. The Morgan fingerprint density at radius 1 is 1.33 bits per heavy atom. The van der Waals surface area contributed by atoms with E-state index in [1.165, 1.54) is 24.3 Å². The zero-order chi connectivity index (χ0) is 16.0. The highest BCUT2D eigenvalue weighted by Gasteiger charge is 2.26. The quantitative estimate of drug-likeness (QED) is 0.602. The molecule has 0 aromatic heterocycles. The molecule has 0 aliphatic rings. The van der Waals surface area contributed by atoms with Crippen molar-refractivity contribution in [1.82, 2.24) is 4.72 Å². The van der Waals surface area contributed by atoms with E-state index >= 15 is 0 Å². The average molecular weight is 316 g/mol. The van der Waals surface area contributed by atoms with Crippen molar-refractivity contribution in [2.45, 2.75) is 24.3 Å². The molecule has 4 N–H and O–H groups in total. The number of carbonyl (C=O) groups is 2. The first-order valence-electron chi connectivity index (χ1n) is 6.02. The van der Waals surface area contributed by atoms with E-state index in [-0.39, 0.29) is 4.90 Å². The summed E-state index contributed by atoms with van der Waals surface area (Å²) in [4.78, 5) is 21.6. The minimum absolute atomic E-state index is 0.137. The molecular formula is C12H16N2O6S. The Bertz CT molecular complexity index is 611. The third-order valence-electron chi connectivity index (χ3n) is 2.45. The molecular weight excluding hydrogens is 300 g/mol. The highest BCUT2D eigenvalue weighted by atomic mass is 32.2. The van der Waals surface area contributed by atoms with E-state index in [1.807, 2.05) is 4.72 Å². The molecule has 0 bridgehead atoms. The standard InChI is InChI=1S/C12H16N2O6S/c1-2-20-8-3-5-9(6-4-8)21(18,19)14-10(12(16)17)7-11(13)15/h3-6,10,14H,2,7H2,1H3,(H2,13,15)(H,16,17)/t10-/m1/s1. The summed E-state index contributed by atoms with van der Waals surface area (Å²) in [6.45, 7) is 2.22. The smallest absolute Gasteiger partial charge is 0.322 e. The van der Waals surface area contributed by atoms with Gasteiger partial charge in [0.1, 0.15) is 11.8 Å². The van der Waals surface area contributed by atoms with E-state index in [2.05, 4.69) is 0 Å². The van der Waals surface area contributed by atoms with E-state index < -0.39 is 34.4 Å². The Labute approximate surface area is 122 Å². The molecule has 0 saturated carbocycles. The number of aliphatic carboxylic acids is 1. The number of benzene rings is 1. The molecule has 0 radical (unpaired) electrons. The zero-order valence-corrected chi connectivity index (χ0v) is 12.1. The Morgan fingerprint density at radius 2 is 1.90 bits per heavy atom. The van der Waals surface area contributed by atoms with E-state index in [0.29, 0.717) is 12.4 Å². The molecule has 8 nitrogen and oxygen atoms in total. The normalized spacial score (nSPS) is 12.6. The number of primary amides is 1. The Kier molecular flexibility index (Phi) is 5.68. The number of hydrogen-bond donors (Lipinski definition) is 3. The molecule has 0 aliphatic carbocycles. The Hall–Kier alpha value is -2.13. The van der Waals surface area contributed by atoms with Gasteiger partial charge in [-0.05, 0) is 31.2 Å². The number of carbonyl (C=O) groups excluding carboxylic acids is 1. The van der Waals surface area contributed by atoms with Crippen molar-refractivity contribution in [2.75, 3.05) is 6.61 Å². The summed E-state index contributed by atoms with van der Waals surface area (Å²) in [5.74, 6) is -1.91. The van der Waals surface area contributed by atoms with Gasteiger partial charge in [-0.1, -0.05) is 0 Å². The second-order valence-electron chi connectivity index (χ2n) is 4.09. The third kappa shape index (κ3) is 5.04. The molecule has 0 saturated heterocycles. The number of hydrogen-bond acceptors (Lipinski definition) is 5. The SMILES string of the molecule is CCOc1ccc(S(=O)(=O)N[C@H](CC(N)=O)C(=O)O)cc1. The molecule has 0 spiro atoms. The highest BCUT2D eigenvalue weighted by Crippen LogP contribution is 2.16. The number of amides is 1. The second kappa shape index (κ2) is 7.04. The third-order valence-corrected chi connectivity index (χ3v) is 3.93. The zero-order valence-electron chi connectivity index (χ0n) is 11.3. The predicted octanol–water partition coefficient (Wildman–Crippen LogP) is -0.308. The maximum Gasteiger partial charge on any atom is 0.322 e. The lowest BCUT2D eigenvalue weighted by atomic mass is 10.2. The van der Waals surface area contributed by atoms with Crippen LogP contribution in [0.1, 0.15) is 13.3 Å². The van der Waals surface area contributed by atoms with Gasteiger partial charge < -0.3 is 15.6 Å². The van der Waals surface area contributed by atoms with Crippen LogP contribution in [0.15, 0.2) is 29.2 Å². The number of carboxylic acid groups (broad SMARTS) is 1. The van der Waals surface area contributed by atoms with E-state index in [4.69, 9.17) is 15.6 Å². The number of carboxylic acids is 1. The molecule has 0 heterocycles. The molecule has 0 unspecified atom stereocenters. The van der Waals surface area contributed by atoms with Gasteiger partial charge in [-0.3, -0.25) is 9.59 Å². The lowest BCUT2D eigenvalue weighted by Gasteiger charge is -2.13. The van der Waals surface area contributed by atoms with Gasteiger partial charge in [-0.25, -0.2) is 8.42 Å². The highest BCUT2D eigenvalue weighted by molar-refractivity contribution is 7.89. The van der Waals surface area contributed by atoms with Crippen LogP contribution in [0, 0.1) is 0 Å². The summed E-state index contributed by atoms with van der Waals surface area (Å²) < 4.78 is 31.2. The lowest BCUT2D eigenvalue weighted by Crippen LogP contribution is -2.43. The van der Waals surface area contributed by atoms with Crippen LogP contribution in [0.3, 0.4) is 0 Å². The van der Waals surface area contributed by atoms with Crippen LogP contribution in [-0.2, 0) is 19.6 Å². The molecule has 21 heavy (non-hydrogen) atoms. The van der Waals surface area contributed by atoms with Gasteiger partial charge in [-0.2, -0.15) is 4.72 Å². The summed E-state index contributed by atoms with van der Waals surface area (Å²) >= 11 is 0. The van der Waals surface area contributed by atoms with Crippen LogP contribution in [0.25, 0.3) is 0 Å². The largest absolute Gasteiger partial charge is 0.494 e. The summed E-state index contributed by atoms with van der Waals surface area (Å²) in [5.41, 5.74) is 4.89. The number of ether oxygens (including phenoxy) is 1. The topological polar surface area (TPSA) is 136 Å². The van der Waals surface area contributed by atoms with Crippen LogP contribution < -0.4 is 15.2 Å². The summed E-state index contributed by atoms with van der Waals surface area (Å²) in [5, 5.41) is 8.89. The van der Waals surface area contributed by atoms with E-state index in [0.717, 1.165) is 0 Å². The number of nitrogens with two attached hydrogens (primary N) is 1. The van der Waals surface area contributed by atoms with Crippen LogP contribution in [0.4, 0.5) is 0 Å². The molecule has 0 aliphatic heterocycles. The fourth-order valence-corrected chi connectivity index (χ4v) is 2.71. The van der Waals surface area contributed by atoms with E-state index in [9.17, 15) is 18.0 Å². The van der Waals surface area contributed by atoms with E-state index in [1.54, 1.807) is 6.92 Å². The summed E-state index contributed by atoms with van der Waals surface area (Å²) in [6.07, 6.45) is -0.633. The minimum atomic E-state index is -4.08. The maximum atomic E-state index is 12.0. The van der Waals surface area contributed by atoms with Gasteiger partial charge in [0.2, 0.25) is 15.9 Å². The Morgan fingerprint density at radius 3 is 2.33 bits per heavy atom. The van der Waals surface area contributed by atoms with Crippen LogP contribution in [0.2, 0.25) is 0 Å². The molecule has 1 aromatic carbocycles. The molecule has 1 atom stereocenters. The van der Waals surface area contributed by atoms with Crippen molar-refractivity contribution >= 4 is 21.9 Å². The van der Waals surface area contributed by atoms with Gasteiger partial charge in [0.05, 0.1) is 17.9 Å². The first-order chi connectivity index (χ1) is 9.76. The molecule has 1 rings (SSSR count). The van der Waals surface area contributed by atoms with Crippen LogP contribution in [0.5, 0.6) is 5.75 Å². The van der Waals surface area contributed by atoms with Gasteiger partial charge in [0.15, 0.2) is 0 Å². The minimum Gasteiger partial charge on any atom is -0.494 e. The fraction of sp³-hybridized carbons (Fsp3) is 0.333. The number of nitrogens with one attached hydrogen (secondary N) is 1. The fourth-order valence-electron chi connectivity index (χ4n) is 1.52. The van der Waals surface area contributed by atoms with Crippen molar-refractivity contribution in [3.63, 3.8) is 0 Å². The average Bonchev–Trinajstić information content (AvgIpc) is 2.38. The Balaban J connectivity index is 2.93. The van der Waals surface area contributed by atoms with Crippen molar-refractivity contribution < 1.29 is 27.9 Å². The lowest BCUT2D eigenvalue weighted by molar-refractivity contribution is -0.140. The first-order valence-corrected chi connectivity index (χ1v) is 7.51. The molecule has 1 aromatic rings. The molecule has 116 valence electrons. The van der Waals surface area contributed by atoms with Crippen LogP contribution in [-0.4, -0.2) is 38.0 Å². The molecule has 0 fully saturated rings. The summed E-state index contributed by atoms with van der Waals surface area (Å²) in [7, 11) is -4.08. The number of rotatable bonds is 8. The number of sulfonamides is 1. The van der Waals surface area contributed by atoms with Gasteiger partial charge >= 0.3 is 5.97 Å². The monoisotopic (exact) mass is 316 g/mol. The van der Waals surface area contributed by atoms with Gasteiger partial charge in [0, 0.05) is 0 Å². The van der Waals surface area contributed by atoms with Crippen molar-refractivity contribution in [3.8, 4) is 5.75 Å². The second-order valence-corrected chi connectivity index (χ2v) is 5.80. The van der Waals surface area contributed by atoms with Crippen molar-refractivity contribution in [3.05, 3.63) is 24.3 Å². The summed E-state index contributed by atoms with van der Waals surface area (Å²) in [6, 6.07) is 3.83. The molecule has 9 heteroatoms. The molecule has 1 amide bonds. The predicted molar refractivity (Wildman–Crippen MR) is 73.2 cm³/mol. The van der Waals surface area contributed by atoms with Crippen molar-refractivity contribution in [2.24, 2.45) is 5.73 Å². The van der Waals surface area contributed by atoms with Crippen molar-refractivity contribution in [1.29, 1.82) is 0 Å². The maximum absolute atomic E-state index is 12.0. The van der Waals surface area contributed by atoms with Gasteiger partial charge in [-0.15, -0.1) is 0 Å².